The number of hydrogen-bond acceptors (Lipinski definition) is 4. The van der Waals surface area contributed by atoms with Crippen LogP contribution in [0, 0.1) is 6.92 Å². The number of nitrogens with one attached hydrogen (secondary N) is 1. The van der Waals surface area contributed by atoms with E-state index in [-0.39, 0.29) is 43.8 Å². The van der Waals surface area contributed by atoms with Gasteiger partial charge in [-0.05, 0) is 67.6 Å². The molecule has 0 spiro atoms. The summed E-state index contributed by atoms with van der Waals surface area (Å²) in [4.78, 5) is 29.2. The standard InChI is InChI=1S/C32H39BrClN3O4S/c1-5-23(2)35-32(39)30(21-25-11-7-6-8-12-25)36(22-26-16-18-27(33)19-17-26)31(38)15-10-20-37(42(4,40)41)29-14-9-13-28(34)24(29)3/h6-9,11-14,16-19,23,30H,5,10,15,20-22H2,1-4H3,(H,35,39)/t23-,30-/m0/s1. The molecule has 0 bridgehead atoms. The molecular formula is C32H39BrClN3O4S. The minimum atomic E-state index is -3.63. The molecule has 42 heavy (non-hydrogen) atoms. The van der Waals surface area contributed by atoms with E-state index in [1.165, 1.54) is 4.31 Å². The maximum atomic E-state index is 13.9. The van der Waals surface area contributed by atoms with Crippen molar-refractivity contribution >= 4 is 55.1 Å². The van der Waals surface area contributed by atoms with E-state index in [1.807, 2.05) is 68.4 Å². The number of sulfonamides is 1. The van der Waals surface area contributed by atoms with Gasteiger partial charge in [-0.15, -0.1) is 0 Å². The molecule has 3 rings (SSSR count). The van der Waals surface area contributed by atoms with Crippen molar-refractivity contribution in [3.8, 4) is 0 Å². The second-order valence-electron chi connectivity index (χ2n) is 10.5. The zero-order chi connectivity index (χ0) is 30.9. The van der Waals surface area contributed by atoms with Crippen LogP contribution in [0.15, 0.2) is 77.3 Å². The van der Waals surface area contributed by atoms with Crippen LogP contribution >= 0.6 is 27.5 Å². The van der Waals surface area contributed by atoms with Crippen molar-refractivity contribution in [2.24, 2.45) is 0 Å². The lowest BCUT2D eigenvalue weighted by Gasteiger charge is -2.33. The van der Waals surface area contributed by atoms with Crippen LogP contribution in [0.2, 0.25) is 5.02 Å². The topological polar surface area (TPSA) is 86.8 Å². The highest BCUT2D eigenvalue weighted by atomic mass is 79.9. The SMILES string of the molecule is CC[C@H](C)NC(=O)[C@H](Cc1ccccc1)N(Cc1ccc(Br)cc1)C(=O)CCCN(c1cccc(Cl)c1C)S(C)(=O)=O. The molecule has 3 aromatic rings. The van der Waals surface area contributed by atoms with Crippen LogP contribution in [0.1, 0.15) is 49.8 Å². The minimum absolute atomic E-state index is 0.0512. The molecule has 0 radical (unpaired) electrons. The number of anilines is 1. The summed E-state index contributed by atoms with van der Waals surface area (Å²) in [6.45, 7) is 6.04. The van der Waals surface area contributed by atoms with Gasteiger partial charge in [0.25, 0.3) is 0 Å². The predicted octanol–water partition coefficient (Wildman–Crippen LogP) is 6.51. The Bertz CT molecular complexity index is 1450. The van der Waals surface area contributed by atoms with Crippen molar-refractivity contribution in [3.05, 3.63) is 99.0 Å². The van der Waals surface area contributed by atoms with Crippen molar-refractivity contribution in [2.75, 3.05) is 17.1 Å². The summed E-state index contributed by atoms with van der Waals surface area (Å²) in [5, 5.41) is 3.53. The summed E-state index contributed by atoms with van der Waals surface area (Å²) in [6, 6.07) is 21.6. The van der Waals surface area contributed by atoms with E-state index in [2.05, 4.69) is 21.2 Å². The van der Waals surface area contributed by atoms with Crippen molar-refractivity contribution in [2.45, 2.75) is 65.1 Å². The Balaban J connectivity index is 1.90. The Hall–Kier alpha value is -2.88. The van der Waals surface area contributed by atoms with Gasteiger partial charge in [0.05, 0.1) is 11.9 Å². The lowest BCUT2D eigenvalue weighted by Crippen LogP contribution is -2.52. The summed E-state index contributed by atoms with van der Waals surface area (Å²) < 4.78 is 27.7. The Kier molecular flexibility index (Phi) is 12.4. The van der Waals surface area contributed by atoms with Crippen LogP contribution in [-0.4, -0.2) is 50.0 Å². The summed E-state index contributed by atoms with van der Waals surface area (Å²) in [5.41, 5.74) is 2.96. The number of carbonyl (C=O) groups is 2. The first-order valence-electron chi connectivity index (χ1n) is 14.0. The molecule has 3 aromatic carbocycles. The molecule has 10 heteroatoms. The van der Waals surface area contributed by atoms with Crippen LogP contribution in [0.5, 0.6) is 0 Å². The van der Waals surface area contributed by atoms with Gasteiger partial charge in [0.2, 0.25) is 21.8 Å². The van der Waals surface area contributed by atoms with Gasteiger partial charge in [-0.25, -0.2) is 8.42 Å². The first-order chi connectivity index (χ1) is 19.9. The van der Waals surface area contributed by atoms with Gasteiger partial charge < -0.3 is 10.2 Å². The van der Waals surface area contributed by atoms with Crippen LogP contribution in [0.4, 0.5) is 5.69 Å². The first-order valence-corrected chi connectivity index (χ1v) is 17.0. The van der Waals surface area contributed by atoms with Crippen LogP contribution in [-0.2, 0) is 32.6 Å². The molecule has 0 aliphatic rings. The highest BCUT2D eigenvalue weighted by molar-refractivity contribution is 9.10. The smallest absolute Gasteiger partial charge is 0.243 e. The number of rotatable bonds is 14. The molecule has 0 saturated heterocycles. The highest BCUT2D eigenvalue weighted by Crippen LogP contribution is 2.28. The van der Waals surface area contributed by atoms with Gasteiger partial charge in [-0.1, -0.05) is 83.0 Å². The zero-order valence-corrected chi connectivity index (χ0v) is 27.7. The van der Waals surface area contributed by atoms with Gasteiger partial charge in [0.1, 0.15) is 6.04 Å². The Morgan fingerprint density at radius 2 is 1.64 bits per heavy atom. The molecule has 0 aliphatic heterocycles. The van der Waals surface area contributed by atoms with E-state index in [1.54, 1.807) is 30.0 Å². The van der Waals surface area contributed by atoms with E-state index in [9.17, 15) is 18.0 Å². The fourth-order valence-corrected chi connectivity index (χ4v) is 6.08. The molecule has 0 unspecified atom stereocenters. The summed E-state index contributed by atoms with van der Waals surface area (Å²) >= 11 is 9.73. The second-order valence-corrected chi connectivity index (χ2v) is 13.7. The highest BCUT2D eigenvalue weighted by Gasteiger charge is 2.31. The molecule has 0 heterocycles. The molecule has 0 fully saturated rings. The largest absolute Gasteiger partial charge is 0.352 e. The fraction of sp³-hybridized carbons (Fsp3) is 0.375. The van der Waals surface area contributed by atoms with Crippen molar-refractivity contribution in [1.29, 1.82) is 0 Å². The van der Waals surface area contributed by atoms with E-state index in [0.717, 1.165) is 28.3 Å². The van der Waals surface area contributed by atoms with Gasteiger partial charge in [0, 0.05) is 41.5 Å². The molecule has 226 valence electrons. The molecule has 0 saturated carbocycles. The third kappa shape index (κ3) is 9.57. The Morgan fingerprint density at radius 3 is 2.26 bits per heavy atom. The lowest BCUT2D eigenvalue weighted by atomic mass is 10.0. The summed E-state index contributed by atoms with van der Waals surface area (Å²) in [5.74, 6) is -0.444. The van der Waals surface area contributed by atoms with E-state index < -0.39 is 16.1 Å². The van der Waals surface area contributed by atoms with Crippen LogP contribution in [0.25, 0.3) is 0 Å². The third-order valence-electron chi connectivity index (χ3n) is 7.20. The Morgan fingerprint density at radius 1 is 0.976 bits per heavy atom. The number of hydrogen-bond donors (Lipinski definition) is 1. The maximum absolute atomic E-state index is 13.9. The minimum Gasteiger partial charge on any atom is -0.352 e. The van der Waals surface area contributed by atoms with E-state index in [0.29, 0.717) is 22.7 Å². The zero-order valence-electron chi connectivity index (χ0n) is 24.5. The third-order valence-corrected chi connectivity index (χ3v) is 9.32. The average Bonchev–Trinajstić information content (AvgIpc) is 2.95. The van der Waals surface area contributed by atoms with Crippen LogP contribution in [0.3, 0.4) is 0 Å². The van der Waals surface area contributed by atoms with Gasteiger partial charge in [-0.2, -0.15) is 0 Å². The van der Waals surface area contributed by atoms with E-state index >= 15 is 0 Å². The first kappa shape index (κ1) is 33.6. The fourth-order valence-electron chi connectivity index (χ4n) is 4.63. The molecular weight excluding hydrogens is 638 g/mol. The lowest BCUT2D eigenvalue weighted by molar-refractivity contribution is -0.141. The number of carbonyl (C=O) groups excluding carboxylic acids is 2. The molecule has 2 amide bonds. The van der Waals surface area contributed by atoms with Crippen molar-refractivity contribution in [1.82, 2.24) is 10.2 Å². The molecule has 0 aliphatic carbocycles. The van der Waals surface area contributed by atoms with Gasteiger partial charge in [-0.3, -0.25) is 13.9 Å². The second kappa shape index (κ2) is 15.5. The number of benzene rings is 3. The number of nitrogens with zero attached hydrogens (tertiary/aromatic N) is 2. The summed E-state index contributed by atoms with van der Waals surface area (Å²) in [7, 11) is -3.63. The van der Waals surface area contributed by atoms with E-state index in [4.69, 9.17) is 11.6 Å². The quantitative estimate of drug-likeness (QED) is 0.211. The average molecular weight is 677 g/mol. The van der Waals surface area contributed by atoms with Crippen LogP contribution < -0.4 is 9.62 Å². The number of amides is 2. The van der Waals surface area contributed by atoms with Crippen molar-refractivity contribution in [3.63, 3.8) is 0 Å². The Labute approximate surface area is 263 Å². The maximum Gasteiger partial charge on any atom is 0.243 e. The van der Waals surface area contributed by atoms with Crippen molar-refractivity contribution < 1.29 is 18.0 Å². The molecule has 1 N–H and O–H groups in total. The monoisotopic (exact) mass is 675 g/mol. The molecule has 0 aromatic heterocycles. The normalized spacial score (nSPS) is 12.8. The summed E-state index contributed by atoms with van der Waals surface area (Å²) in [6.07, 6.45) is 2.57. The molecule has 2 atom stereocenters. The van der Waals surface area contributed by atoms with Gasteiger partial charge in [0.15, 0.2) is 0 Å². The molecule has 7 nitrogen and oxygen atoms in total. The number of halogens is 2. The van der Waals surface area contributed by atoms with Gasteiger partial charge >= 0.3 is 0 Å². The predicted molar refractivity (Wildman–Crippen MR) is 174 cm³/mol.